The summed E-state index contributed by atoms with van der Waals surface area (Å²) in [4.78, 5) is 40.9. The molecule has 3 N–H and O–H groups in total. The molecule has 0 aliphatic heterocycles. The normalized spacial score (nSPS) is 12.0. The summed E-state index contributed by atoms with van der Waals surface area (Å²) in [6.45, 7) is 30.9. The smallest absolute Gasteiger partial charge is 0.158 e. The van der Waals surface area contributed by atoms with E-state index in [0.29, 0.717) is 16.7 Å². The third-order valence-corrected chi connectivity index (χ3v) is 8.74. The van der Waals surface area contributed by atoms with Crippen LogP contribution in [0.3, 0.4) is 0 Å². The molecule has 1 radical (unpaired) electrons. The van der Waals surface area contributed by atoms with E-state index in [1.807, 2.05) is 0 Å². The Hall–Kier alpha value is -2.75. The van der Waals surface area contributed by atoms with Gasteiger partial charge in [-0.25, -0.2) is 0 Å². The van der Waals surface area contributed by atoms with Crippen LogP contribution in [0.5, 0.6) is 0 Å². The van der Waals surface area contributed by atoms with Crippen molar-refractivity contribution in [3.8, 4) is 0 Å². The number of aromatic nitrogens is 2. The molecule has 0 spiro atoms. The molecule has 0 unspecified atom stereocenters. The number of aliphatic hydroxyl groups excluding tert-OH is 3. The number of Topliss-reactive ketones (excluding diaryl/α,β-unsaturated/α-hetero) is 3. The summed E-state index contributed by atoms with van der Waals surface area (Å²) >= 11 is 0. The van der Waals surface area contributed by atoms with Gasteiger partial charge >= 0.3 is 0 Å². The second kappa shape index (κ2) is 19.9. The number of carbonyl (C=O) groups excluding carboxylic acids is 3. The Balaban J connectivity index is 0. The number of aliphatic hydroxyl groups is 3. The van der Waals surface area contributed by atoms with Crippen molar-refractivity contribution in [1.29, 1.82) is 0 Å². The number of hydrogen-bond donors (Lipinski definition) is 3. The number of hydrogen-bond acceptors (Lipinski definition) is 8. The molecule has 8 nitrogen and oxygen atoms in total. The monoisotopic (exact) mass is 787 g/mol. The number of nitrogens with zero attached hydrogens (tertiary/aromatic N) is 2. The fourth-order valence-corrected chi connectivity index (χ4v) is 4.29. The van der Waals surface area contributed by atoms with Crippen LogP contribution in [0.15, 0.2) is 34.0 Å². The third kappa shape index (κ3) is 12.3. The zero-order valence-electron chi connectivity index (χ0n) is 31.3. The first-order valence-corrected chi connectivity index (χ1v) is 15.2. The van der Waals surface area contributed by atoms with E-state index < -0.39 is 0 Å². The van der Waals surface area contributed by atoms with Crippen molar-refractivity contribution < 1.29 is 79.1 Å². The molecule has 47 heavy (non-hydrogen) atoms. The summed E-state index contributed by atoms with van der Waals surface area (Å²) in [6.07, 6.45) is 0. The largest absolute Gasteiger partial charge is 0.512 e. The van der Waals surface area contributed by atoms with E-state index in [1.165, 1.54) is 85.7 Å². The van der Waals surface area contributed by atoms with Crippen molar-refractivity contribution >= 4 is 39.2 Å². The van der Waals surface area contributed by atoms with Gasteiger partial charge in [0, 0.05) is 88.3 Å². The number of fused-ring (bicyclic) bond motifs is 3. The Bertz CT molecular complexity index is 1610. The van der Waals surface area contributed by atoms with Crippen molar-refractivity contribution in [3.63, 3.8) is 0 Å². The van der Waals surface area contributed by atoms with Gasteiger partial charge < -0.3 is 15.3 Å². The van der Waals surface area contributed by atoms with Gasteiger partial charge in [0.15, 0.2) is 17.3 Å². The molecule has 2 heterocycles. The van der Waals surface area contributed by atoms with Gasteiger partial charge in [0.05, 0.1) is 28.3 Å². The van der Waals surface area contributed by atoms with E-state index in [1.54, 1.807) is 20.8 Å². The molecule has 3 aromatic rings. The van der Waals surface area contributed by atoms with Gasteiger partial charge in [0.1, 0.15) is 0 Å². The van der Waals surface area contributed by atoms with Gasteiger partial charge in [-0.3, -0.25) is 24.4 Å². The predicted molar refractivity (Wildman–Crippen MR) is 190 cm³/mol. The predicted octanol–water partition coefficient (Wildman–Crippen LogP) is 9.53. The number of allylic oxidation sites excluding steroid dienone is 6. The van der Waals surface area contributed by atoms with Crippen LogP contribution in [0.25, 0.3) is 21.8 Å². The Morgan fingerprint density at radius 3 is 0.745 bits per heavy atom. The van der Waals surface area contributed by atoms with Gasteiger partial charge in [-0.1, -0.05) is 0 Å². The maximum atomic E-state index is 10.4. The average Bonchev–Trinajstić information content (AvgIpc) is 2.96. The molecular weight excluding hydrogens is 732 g/mol. The van der Waals surface area contributed by atoms with Crippen LogP contribution in [0, 0.1) is 105 Å². The molecule has 9 heteroatoms. The Morgan fingerprint density at radius 1 is 0.404 bits per heavy atom. The van der Waals surface area contributed by atoms with Gasteiger partial charge in [0.25, 0.3) is 0 Å². The summed E-state index contributed by atoms with van der Waals surface area (Å²) in [6, 6.07) is 0. The minimum absolute atomic E-state index is 0. The van der Waals surface area contributed by atoms with Crippen LogP contribution in [-0.4, -0.2) is 42.6 Å². The van der Waals surface area contributed by atoms with E-state index in [4.69, 9.17) is 25.3 Å². The first kappa shape index (κ1) is 46.4. The molecular formula is C38H54EuN2O6. The van der Waals surface area contributed by atoms with Gasteiger partial charge in [-0.15, -0.1) is 0 Å². The summed E-state index contributed by atoms with van der Waals surface area (Å²) < 4.78 is 0. The summed E-state index contributed by atoms with van der Waals surface area (Å²) in [5, 5.41) is 28.5. The average molecular weight is 787 g/mol. The first-order valence-electron chi connectivity index (χ1n) is 15.2. The van der Waals surface area contributed by atoms with Crippen LogP contribution in [0.1, 0.15) is 107 Å². The Morgan fingerprint density at radius 2 is 0.596 bits per heavy atom. The van der Waals surface area contributed by atoms with Crippen LogP contribution < -0.4 is 0 Å². The number of aryl methyl sites for hydroxylation is 6. The second-order valence-corrected chi connectivity index (χ2v) is 11.9. The van der Waals surface area contributed by atoms with Gasteiger partial charge in [-0.2, -0.15) is 0 Å². The fraction of sp³-hybridized carbons (Fsp3) is 0.447. The van der Waals surface area contributed by atoms with E-state index in [-0.39, 0.29) is 84.0 Å². The Kier molecular flexibility index (Phi) is 19.7. The molecule has 3 rings (SSSR count). The van der Waals surface area contributed by atoms with Crippen molar-refractivity contribution in [2.75, 3.05) is 0 Å². The number of carbonyl (C=O) groups is 3. The van der Waals surface area contributed by atoms with Crippen molar-refractivity contribution in [1.82, 2.24) is 9.97 Å². The van der Waals surface area contributed by atoms with Gasteiger partial charge in [-0.05, 0) is 151 Å². The summed E-state index contributed by atoms with van der Waals surface area (Å²) in [5.41, 5.74) is 13.6. The molecule has 0 saturated carbocycles. The van der Waals surface area contributed by atoms with E-state index in [2.05, 4.69) is 55.4 Å². The van der Waals surface area contributed by atoms with E-state index >= 15 is 0 Å². The van der Waals surface area contributed by atoms with Crippen molar-refractivity contribution in [2.24, 2.45) is 0 Å². The topological polar surface area (TPSA) is 138 Å². The quantitative estimate of drug-likeness (QED) is 0.136. The molecule has 0 saturated heterocycles. The molecule has 259 valence electrons. The summed E-state index contributed by atoms with van der Waals surface area (Å²) in [7, 11) is 0. The molecule has 2 aromatic heterocycles. The van der Waals surface area contributed by atoms with E-state index in [0.717, 1.165) is 22.4 Å². The number of ketones is 3. The van der Waals surface area contributed by atoms with Crippen molar-refractivity contribution in [3.05, 3.63) is 78.8 Å². The maximum absolute atomic E-state index is 10.4. The molecule has 0 aliphatic carbocycles. The summed E-state index contributed by atoms with van der Waals surface area (Å²) in [5.74, 6) is 0.0903. The fourth-order valence-electron chi connectivity index (χ4n) is 4.29. The maximum Gasteiger partial charge on any atom is 0.158 e. The van der Waals surface area contributed by atoms with Crippen LogP contribution in [0.2, 0.25) is 0 Å². The number of rotatable bonds is 3. The van der Waals surface area contributed by atoms with Crippen LogP contribution in [0.4, 0.5) is 0 Å². The zero-order chi connectivity index (χ0) is 36.5. The van der Waals surface area contributed by atoms with Crippen molar-refractivity contribution in [2.45, 2.75) is 118 Å². The van der Waals surface area contributed by atoms with Crippen LogP contribution >= 0.6 is 0 Å². The minimum Gasteiger partial charge on any atom is -0.512 e. The molecule has 0 fully saturated rings. The number of benzene rings is 1. The molecule has 0 atom stereocenters. The molecule has 0 amide bonds. The SMILES string of the molecule is CC(=O)/C(C)=C(/C)O.CC(=O)/C(C)=C(/C)O.CC(=O)/C(C)=C(/C)O.Cc1nc2c(c(C)c1C)c(C)c(C)c1c(C)c(C)c(C)nc12.[Eu]. The van der Waals surface area contributed by atoms with E-state index in [9.17, 15) is 14.4 Å². The third-order valence-electron chi connectivity index (χ3n) is 8.74. The van der Waals surface area contributed by atoms with Crippen LogP contribution in [-0.2, 0) is 14.4 Å². The minimum atomic E-state index is -0.0787. The zero-order valence-corrected chi connectivity index (χ0v) is 33.8. The van der Waals surface area contributed by atoms with Gasteiger partial charge in [0.2, 0.25) is 0 Å². The standard InChI is InChI=1S/C20H24N2.3C6H10O2.Eu/c1-9-11(3)17-13(5)14(6)18-12(4)10(2)16(8)22-20(18)19(17)21-15(9)7;3*1-4(5(2)7)6(3)8;/h1-8H3;3*7H,1-3H3;/b;3*5-4-;. The molecule has 0 bridgehead atoms. The number of pyridine rings is 2. The molecule has 0 aliphatic rings. The second-order valence-electron chi connectivity index (χ2n) is 11.9. The first-order chi connectivity index (χ1) is 20.9. The Labute approximate surface area is 322 Å². The molecule has 1 aromatic carbocycles.